The van der Waals surface area contributed by atoms with E-state index in [1.165, 1.54) is 17.9 Å². The molecule has 1 N–H and O–H groups in total. The molecular formula is C8H13NO2S. The first kappa shape index (κ1) is 8.38. The molecule has 0 radical (unpaired) electrons. The largest absolute Gasteiger partial charge is 0.481 e. The van der Waals surface area contributed by atoms with Gasteiger partial charge in [0.15, 0.2) is 0 Å². The van der Waals surface area contributed by atoms with Gasteiger partial charge in [-0.3, -0.25) is 9.69 Å². The fourth-order valence-corrected chi connectivity index (χ4v) is 3.03. The molecule has 2 aliphatic rings. The molecule has 0 aromatic heterocycles. The van der Waals surface area contributed by atoms with Crippen LogP contribution in [0.2, 0.25) is 0 Å². The highest BCUT2D eigenvalue weighted by atomic mass is 32.2. The molecule has 0 bridgehead atoms. The lowest BCUT2D eigenvalue weighted by Gasteiger charge is -2.40. The van der Waals surface area contributed by atoms with Crippen LogP contribution in [0.5, 0.6) is 0 Å². The lowest BCUT2D eigenvalue weighted by Crippen LogP contribution is -2.54. The van der Waals surface area contributed by atoms with Crippen LogP contribution in [0.1, 0.15) is 6.42 Å². The summed E-state index contributed by atoms with van der Waals surface area (Å²) in [6, 6.07) is 0.672. The van der Waals surface area contributed by atoms with E-state index in [1.54, 1.807) is 0 Å². The first-order chi connectivity index (χ1) is 5.77. The van der Waals surface area contributed by atoms with Crippen LogP contribution in [0.25, 0.3) is 0 Å². The first-order valence-electron chi connectivity index (χ1n) is 4.32. The van der Waals surface area contributed by atoms with Gasteiger partial charge in [-0.2, -0.15) is 11.8 Å². The molecule has 0 aromatic carbocycles. The van der Waals surface area contributed by atoms with Crippen LogP contribution in [0.4, 0.5) is 0 Å². The molecule has 2 heterocycles. The molecule has 1 atom stereocenters. The van der Waals surface area contributed by atoms with Crippen molar-refractivity contribution >= 4 is 17.7 Å². The fourth-order valence-electron chi connectivity index (χ4n) is 1.78. The number of hydrogen-bond donors (Lipinski definition) is 1. The zero-order chi connectivity index (χ0) is 8.55. The van der Waals surface area contributed by atoms with Gasteiger partial charge in [-0.05, 0) is 12.2 Å². The summed E-state index contributed by atoms with van der Waals surface area (Å²) in [6.45, 7) is 1.56. The molecule has 2 aliphatic heterocycles. The first-order valence-corrected chi connectivity index (χ1v) is 5.47. The summed E-state index contributed by atoms with van der Waals surface area (Å²) in [5, 5.41) is 8.66. The second kappa shape index (κ2) is 3.26. The van der Waals surface area contributed by atoms with Gasteiger partial charge < -0.3 is 5.11 Å². The number of aliphatic carboxylic acids is 1. The number of thioether (sulfide) groups is 1. The molecule has 0 aliphatic carbocycles. The van der Waals surface area contributed by atoms with E-state index in [0.717, 1.165) is 13.1 Å². The average molecular weight is 187 g/mol. The van der Waals surface area contributed by atoms with Crippen molar-refractivity contribution in [3.63, 3.8) is 0 Å². The van der Waals surface area contributed by atoms with Crippen molar-refractivity contribution in [3.05, 3.63) is 0 Å². The van der Waals surface area contributed by atoms with Gasteiger partial charge in [-0.1, -0.05) is 0 Å². The highest BCUT2D eigenvalue weighted by Crippen LogP contribution is 2.28. The Hall–Kier alpha value is -0.220. The van der Waals surface area contributed by atoms with Gasteiger partial charge in [0.05, 0.1) is 5.92 Å². The van der Waals surface area contributed by atoms with Crippen LogP contribution in [-0.4, -0.2) is 46.6 Å². The normalized spacial score (nSPS) is 31.8. The number of likely N-dealkylation sites (tertiary alicyclic amines) is 1. The van der Waals surface area contributed by atoms with Crippen LogP contribution in [0, 0.1) is 5.92 Å². The van der Waals surface area contributed by atoms with E-state index in [2.05, 4.69) is 4.90 Å². The van der Waals surface area contributed by atoms with E-state index in [-0.39, 0.29) is 5.92 Å². The highest BCUT2D eigenvalue weighted by Gasteiger charge is 2.37. The minimum atomic E-state index is -0.628. The monoisotopic (exact) mass is 187 g/mol. The third kappa shape index (κ3) is 1.45. The van der Waals surface area contributed by atoms with Crippen LogP contribution in [0.3, 0.4) is 0 Å². The number of carboxylic acid groups (broad SMARTS) is 1. The number of hydrogen-bond acceptors (Lipinski definition) is 3. The molecule has 2 saturated heterocycles. The molecule has 2 rings (SSSR count). The van der Waals surface area contributed by atoms with E-state index in [4.69, 9.17) is 5.11 Å². The topological polar surface area (TPSA) is 40.5 Å². The van der Waals surface area contributed by atoms with Gasteiger partial charge in [-0.15, -0.1) is 0 Å². The SMILES string of the molecule is O=C(O)C1CN(C2CCSC2)C1. The molecule has 3 nitrogen and oxygen atoms in total. The summed E-state index contributed by atoms with van der Waals surface area (Å²) < 4.78 is 0. The third-order valence-electron chi connectivity index (χ3n) is 2.68. The average Bonchev–Trinajstić information content (AvgIpc) is 2.34. The molecular weight excluding hydrogens is 174 g/mol. The van der Waals surface area contributed by atoms with E-state index < -0.39 is 5.97 Å². The summed E-state index contributed by atoms with van der Waals surface area (Å²) in [5.74, 6) is 1.73. The fraction of sp³-hybridized carbons (Fsp3) is 0.875. The Labute approximate surface area is 76.1 Å². The van der Waals surface area contributed by atoms with Gasteiger partial charge in [0, 0.05) is 24.9 Å². The maximum absolute atomic E-state index is 10.5. The van der Waals surface area contributed by atoms with Crippen LogP contribution >= 0.6 is 11.8 Å². The van der Waals surface area contributed by atoms with Crippen molar-refractivity contribution < 1.29 is 9.90 Å². The summed E-state index contributed by atoms with van der Waals surface area (Å²) in [5.41, 5.74) is 0. The molecule has 0 spiro atoms. The smallest absolute Gasteiger partial charge is 0.309 e. The highest BCUT2D eigenvalue weighted by molar-refractivity contribution is 7.99. The van der Waals surface area contributed by atoms with Crippen LogP contribution < -0.4 is 0 Å². The quantitative estimate of drug-likeness (QED) is 0.684. The number of rotatable bonds is 2. The summed E-state index contributed by atoms with van der Waals surface area (Å²) in [6.07, 6.45) is 1.25. The van der Waals surface area contributed by atoms with Crippen LogP contribution in [0.15, 0.2) is 0 Å². The van der Waals surface area contributed by atoms with Gasteiger partial charge in [0.2, 0.25) is 0 Å². The Morgan fingerprint density at radius 3 is 2.75 bits per heavy atom. The second-order valence-corrected chi connectivity index (χ2v) is 4.66. The molecule has 68 valence electrons. The standard InChI is InChI=1S/C8H13NO2S/c10-8(11)6-3-9(4-6)7-1-2-12-5-7/h6-7H,1-5H2,(H,10,11). The van der Waals surface area contributed by atoms with Crippen molar-refractivity contribution in [1.82, 2.24) is 4.90 Å². The summed E-state index contributed by atoms with van der Waals surface area (Å²) in [4.78, 5) is 12.8. The lowest BCUT2D eigenvalue weighted by molar-refractivity contribution is -0.148. The molecule has 0 amide bonds. The number of carboxylic acids is 1. The zero-order valence-electron chi connectivity index (χ0n) is 6.90. The lowest BCUT2D eigenvalue weighted by atomic mass is 9.97. The van der Waals surface area contributed by atoms with E-state index >= 15 is 0 Å². The maximum atomic E-state index is 10.5. The van der Waals surface area contributed by atoms with Crippen molar-refractivity contribution in [2.75, 3.05) is 24.6 Å². The predicted molar refractivity (Wildman–Crippen MR) is 48.4 cm³/mol. The predicted octanol–water partition coefficient (Wildman–Crippen LogP) is 0.508. The number of nitrogens with zero attached hydrogens (tertiary/aromatic N) is 1. The Morgan fingerprint density at radius 1 is 1.50 bits per heavy atom. The zero-order valence-corrected chi connectivity index (χ0v) is 7.72. The van der Waals surface area contributed by atoms with Gasteiger partial charge >= 0.3 is 5.97 Å². The molecule has 4 heteroatoms. The van der Waals surface area contributed by atoms with E-state index in [9.17, 15) is 4.79 Å². The minimum Gasteiger partial charge on any atom is -0.481 e. The van der Waals surface area contributed by atoms with Crippen molar-refractivity contribution in [2.45, 2.75) is 12.5 Å². The third-order valence-corrected chi connectivity index (χ3v) is 3.83. The Bertz CT molecular complexity index is 185. The maximum Gasteiger partial charge on any atom is 0.309 e. The van der Waals surface area contributed by atoms with Crippen molar-refractivity contribution in [3.8, 4) is 0 Å². The van der Waals surface area contributed by atoms with E-state index in [0.29, 0.717) is 6.04 Å². The summed E-state index contributed by atoms with van der Waals surface area (Å²) >= 11 is 1.98. The van der Waals surface area contributed by atoms with Gasteiger partial charge in [0.25, 0.3) is 0 Å². The van der Waals surface area contributed by atoms with Gasteiger partial charge in [0.1, 0.15) is 0 Å². The van der Waals surface area contributed by atoms with Crippen molar-refractivity contribution in [1.29, 1.82) is 0 Å². The van der Waals surface area contributed by atoms with Gasteiger partial charge in [-0.25, -0.2) is 0 Å². The Balaban J connectivity index is 1.77. The molecule has 12 heavy (non-hydrogen) atoms. The van der Waals surface area contributed by atoms with E-state index in [1.807, 2.05) is 11.8 Å². The molecule has 0 aromatic rings. The minimum absolute atomic E-state index is 0.0874. The molecule has 2 fully saturated rings. The Morgan fingerprint density at radius 2 is 2.25 bits per heavy atom. The van der Waals surface area contributed by atoms with Crippen LogP contribution in [-0.2, 0) is 4.79 Å². The Kier molecular flexibility index (Phi) is 2.28. The molecule has 0 saturated carbocycles. The second-order valence-electron chi connectivity index (χ2n) is 3.51. The molecule has 1 unspecified atom stereocenters. The number of carbonyl (C=O) groups is 1. The summed E-state index contributed by atoms with van der Waals surface area (Å²) in [7, 11) is 0. The van der Waals surface area contributed by atoms with Crippen molar-refractivity contribution in [2.24, 2.45) is 5.92 Å².